The first kappa shape index (κ1) is 45.5. The van der Waals surface area contributed by atoms with Gasteiger partial charge in [-0.15, -0.1) is 0 Å². The van der Waals surface area contributed by atoms with Crippen molar-refractivity contribution in [1.29, 1.82) is 0 Å². The number of likely N-dealkylation sites (N-methyl/N-ethyl adjacent to an activating group) is 1. The van der Waals surface area contributed by atoms with Crippen molar-refractivity contribution in [2.45, 2.75) is 193 Å². The van der Waals surface area contributed by atoms with Crippen LogP contribution in [0, 0.1) is 0 Å². The van der Waals surface area contributed by atoms with E-state index in [0.29, 0.717) is 17.4 Å². The minimum Gasteiger partial charge on any atom is -0.391 e. The molecule has 0 aliphatic heterocycles. The highest BCUT2D eigenvalue weighted by Gasteiger charge is 2.28. The number of amides is 1. The van der Waals surface area contributed by atoms with Gasteiger partial charge < -0.3 is 19.8 Å². The number of phosphoric acid groups is 1. The number of quaternary nitrogens is 1. The van der Waals surface area contributed by atoms with E-state index in [4.69, 9.17) is 9.05 Å². The molecular weight excluding hydrogens is 599 g/mol. The smallest absolute Gasteiger partial charge is 0.391 e. The second-order valence-electron chi connectivity index (χ2n) is 14.6. The lowest BCUT2D eigenvalue weighted by Gasteiger charge is -2.26. The largest absolute Gasteiger partial charge is 0.472 e. The van der Waals surface area contributed by atoms with E-state index in [0.717, 1.165) is 19.3 Å². The molecule has 0 fully saturated rings. The van der Waals surface area contributed by atoms with E-state index in [-0.39, 0.29) is 25.5 Å². The van der Waals surface area contributed by atoms with E-state index in [2.05, 4.69) is 12.2 Å². The molecule has 0 saturated carbocycles. The molecule has 46 heavy (non-hydrogen) atoms. The quantitative estimate of drug-likeness (QED) is 0.0350. The summed E-state index contributed by atoms with van der Waals surface area (Å²) in [5, 5.41) is 13.4. The Morgan fingerprint density at radius 3 is 1.37 bits per heavy atom. The van der Waals surface area contributed by atoms with Gasteiger partial charge >= 0.3 is 7.82 Å². The predicted molar refractivity (Wildman–Crippen MR) is 194 cm³/mol. The lowest BCUT2D eigenvalue weighted by Crippen LogP contribution is -2.46. The molecule has 1 amide bonds. The zero-order chi connectivity index (χ0) is 34.4. The molecule has 276 valence electrons. The van der Waals surface area contributed by atoms with Gasteiger partial charge in [-0.25, -0.2) is 4.57 Å². The van der Waals surface area contributed by atoms with Gasteiger partial charge in [-0.2, -0.15) is 0 Å². The number of hydrogen-bond donors (Lipinski definition) is 3. The van der Waals surface area contributed by atoms with Crippen molar-refractivity contribution in [1.82, 2.24) is 5.32 Å². The van der Waals surface area contributed by atoms with Crippen LogP contribution >= 0.6 is 7.82 Å². The Morgan fingerprint density at radius 2 is 1.02 bits per heavy atom. The van der Waals surface area contributed by atoms with Gasteiger partial charge in [0, 0.05) is 6.42 Å². The van der Waals surface area contributed by atoms with Crippen molar-refractivity contribution in [2.75, 3.05) is 40.9 Å². The van der Waals surface area contributed by atoms with Gasteiger partial charge in [0.25, 0.3) is 0 Å². The summed E-state index contributed by atoms with van der Waals surface area (Å²) < 4.78 is 23.1. The fraction of sp³-hybridized carbons (Fsp3) is 0.973. The number of aliphatic hydroxyl groups is 1. The van der Waals surface area contributed by atoms with E-state index in [1.54, 1.807) is 6.92 Å². The Morgan fingerprint density at radius 1 is 0.652 bits per heavy atom. The van der Waals surface area contributed by atoms with Gasteiger partial charge in [-0.05, 0) is 6.42 Å². The molecule has 0 bridgehead atoms. The van der Waals surface area contributed by atoms with Gasteiger partial charge in [0.2, 0.25) is 5.91 Å². The third-order valence-electron chi connectivity index (χ3n) is 8.92. The summed E-state index contributed by atoms with van der Waals surface area (Å²) in [6.45, 7) is 4.36. The second-order valence-corrected chi connectivity index (χ2v) is 16.1. The average molecular weight is 678 g/mol. The number of phosphoric ester groups is 1. The van der Waals surface area contributed by atoms with Crippen molar-refractivity contribution in [3.8, 4) is 0 Å². The Hall–Kier alpha value is -0.500. The highest BCUT2D eigenvalue weighted by molar-refractivity contribution is 7.47. The van der Waals surface area contributed by atoms with Crippen molar-refractivity contribution in [3.63, 3.8) is 0 Å². The molecule has 9 heteroatoms. The van der Waals surface area contributed by atoms with Crippen LogP contribution in [0.1, 0.15) is 181 Å². The Balaban J connectivity index is 3.73. The van der Waals surface area contributed by atoms with Crippen LogP contribution in [-0.2, 0) is 18.4 Å². The second kappa shape index (κ2) is 30.6. The zero-order valence-corrected chi connectivity index (χ0v) is 32.0. The maximum atomic E-state index is 12.3. The summed E-state index contributed by atoms with van der Waals surface area (Å²) in [5.41, 5.74) is 0. The third-order valence-corrected chi connectivity index (χ3v) is 9.90. The average Bonchev–Trinajstić information content (AvgIpc) is 3.00. The number of nitrogens with zero attached hydrogens (tertiary/aromatic N) is 1. The fourth-order valence-electron chi connectivity index (χ4n) is 5.72. The number of aliphatic hydroxyl groups excluding tert-OH is 1. The lowest BCUT2D eigenvalue weighted by molar-refractivity contribution is -0.870. The minimum atomic E-state index is -4.27. The lowest BCUT2D eigenvalue weighted by atomic mass is 10.0. The van der Waals surface area contributed by atoms with E-state index in [1.165, 1.54) is 135 Å². The summed E-state index contributed by atoms with van der Waals surface area (Å²) in [6, 6.07) is -0.750. The molecule has 0 aromatic rings. The molecule has 0 aliphatic rings. The predicted octanol–water partition coefficient (Wildman–Crippen LogP) is 9.85. The van der Waals surface area contributed by atoms with Crippen LogP contribution in [0.3, 0.4) is 0 Å². The summed E-state index contributed by atoms with van der Waals surface area (Å²) in [5.74, 6) is -0.231. The Kier molecular flexibility index (Phi) is 30.2. The molecule has 3 atom stereocenters. The van der Waals surface area contributed by atoms with Crippen molar-refractivity contribution in [2.24, 2.45) is 0 Å². The molecular formula is C37H78N2O6P+. The molecule has 0 aromatic heterocycles. The first-order chi connectivity index (χ1) is 22.0. The number of rotatable bonds is 35. The monoisotopic (exact) mass is 678 g/mol. The van der Waals surface area contributed by atoms with Crippen LogP contribution in [0.15, 0.2) is 0 Å². The molecule has 0 rings (SSSR count). The molecule has 0 spiro atoms. The highest BCUT2D eigenvalue weighted by Crippen LogP contribution is 2.43. The number of unbranched alkanes of at least 4 members (excludes halogenated alkanes) is 23. The summed E-state index contributed by atoms with van der Waals surface area (Å²) in [4.78, 5) is 22.0. The summed E-state index contributed by atoms with van der Waals surface area (Å²) >= 11 is 0. The maximum Gasteiger partial charge on any atom is 0.472 e. The molecule has 3 N–H and O–H groups in total. The van der Waals surface area contributed by atoms with Crippen molar-refractivity contribution < 1.29 is 32.9 Å². The summed E-state index contributed by atoms with van der Waals surface area (Å²) in [7, 11) is 1.61. The minimum absolute atomic E-state index is 0.0748. The van der Waals surface area contributed by atoms with Crippen LogP contribution in [-0.4, -0.2) is 73.4 Å². The van der Waals surface area contributed by atoms with E-state index in [9.17, 15) is 19.4 Å². The van der Waals surface area contributed by atoms with Gasteiger partial charge in [0.15, 0.2) is 0 Å². The van der Waals surface area contributed by atoms with Gasteiger partial charge in [-0.3, -0.25) is 13.8 Å². The van der Waals surface area contributed by atoms with Crippen LogP contribution in [0.4, 0.5) is 0 Å². The standard InChI is InChI=1S/C37H77N2O6P/c1-6-8-9-10-11-12-13-14-15-16-17-18-19-20-21-22-23-24-25-26-27-28-29-30-31-36(40)35(38-37(41)7-2)34-45-46(42,43)44-33-32-39(3,4)5/h35-36,40H,6-34H2,1-5H3,(H-,38,41,42,43)/p+1. The SMILES string of the molecule is CCCCCCCCCCCCCCCCCCCCCCCCCCC(O)C(COP(=O)(O)OCC[N+](C)(C)C)NC(=O)CC. The highest BCUT2D eigenvalue weighted by atomic mass is 31.2. The fourth-order valence-corrected chi connectivity index (χ4v) is 6.45. The normalized spacial score (nSPS) is 14.7. The van der Waals surface area contributed by atoms with E-state index < -0.39 is 20.0 Å². The first-order valence-electron chi connectivity index (χ1n) is 19.4. The molecule has 0 aliphatic carbocycles. The Bertz CT molecular complexity index is 733. The van der Waals surface area contributed by atoms with Crippen LogP contribution in [0.5, 0.6) is 0 Å². The number of carbonyl (C=O) groups is 1. The van der Waals surface area contributed by atoms with Crippen molar-refractivity contribution in [3.05, 3.63) is 0 Å². The van der Waals surface area contributed by atoms with Crippen LogP contribution in [0.25, 0.3) is 0 Å². The van der Waals surface area contributed by atoms with Gasteiger partial charge in [0.1, 0.15) is 13.2 Å². The molecule has 3 unspecified atom stereocenters. The molecule has 0 saturated heterocycles. The Labute approximate surface area is 285 Å². The van der Waals surface area contributed by atoms with Crippen LogP contribution < -0.4 is 5.32 Å². The van der Waals surface area contributed by atoms with Gasteiger partial charge in [0.05, 0.1) is 39.9 Å². The molecule has 0 radical (unpaired) electrons. The number of hydrogen-bond acceptors (Lipinski definition) is 5. The van der Waals surface area contributed by atoms with Crippen molar-refractivity contribution >= 4 is 13.7 Å². The third kappa shape index (κ3) is 32.1. The van der Waals surface area contributed by atoms with Gasteiger partial charge in [-0.1, -0.05) is 168 Å². The number of carbonyl (C=O) groups excluding carboxylic acids is 1. The molecule has 8 nitrogen and oxygen atoms in total. The van der Waals surface area contributed by atoms with E-state index in [1.807, 2.05) is 21.1 Å². The summed E-state index contributed by atoms with van der Waals surface area (Å²) in [6.07, 6.45) is 32.2. The van der Waals surface area contributed by atoms with Crippen LogP contribution in [0.2, 0.25) is 0 Å². The molecule has 0 aromatic carbocycles. The maximum absolute atomic E-state index is 12.3. The zero-order valence-electron chi connectivity index (χ0n) is 31.1. The molecule has 0 heterocycles. The first-order valence-corrected chi connectivity index (χ1v) is 20.9. The van der Waals surface area contributed by atoms with E-state index >= 15 is 0 Å². The number of nitrogens with one attached hydrogen (secondary N) is 1. The topological polar surface area (TPSA) is 105 Å².